The van der Waals surface area contributed by atoms with E-state index in [1.807, 2.05) is 20.9 Å². The number of ether oxygens (including phenoxy) is 2. The molecule has 0 aromatic heterocycles. The molecule has 112 valence electrons. The van der Waals surface area contributed by atoms with Gasteiger partial charge in [-0.25, -0.2) is 0 Å². The van der Waals surface area contributed by atoms with Crippen LogP contribution in [-0.4, -0.2) is 63.4 Å². The first kappa shape index (κ1) is 16.4. The van der Waals surface area contributed by atoms with Gasteiger partial charge in [0.15, 0.2) is 0 Å². The summed E-state index contributed by atoms with van der Waals surface area (Å²) in [6, 6.07) is 0. The molecule has 1 fully saturated rings. The Bertz CT molecular complexity index is 286. The van der Waals surface area contributed by atoms with Gasteiger partial charge in [-0.2, -0.15) is 0 Å². The van der Waals surface area contributed by atoms with Crippen molar-refractivity contribution in [2.75, 3.05) is 47.0 Å². The van der Waals surface area contributed by atoms with Crippen molar-refractivity contribution >= 4 is 5.97 Å². The predicted octanol–water partition coefficient (Wildman–Crippen LogP) is 0.886. The molecule has 0 aromatic carbocycles. The summed E-state index contributed by atoms with van der Waals surface area (Å²) in [5.74, 6) is 0.471. The molecule has 5 heteroatoms. The molecule has 0 spiro atoms. The molecule has 1 rings (SSSR count). The van der Waals surface area contributed by atoms with Crippen LogP contribution in [0.3, 0.4) is 0 Å². The molecule has 1 heterocycles. The SMILES string of the molecule is CCOC(=O)C(C)(CCN1CCC(COC)C1)NC. The third kappa shape index (κ3) is 4.75. The lowest BCUT2D eigenvalue weighted by atomic mass is 9.98. The van der Waals surface area contributed by atoms with Gasteiger partial charge in [-0.1, -0.05) is 0 Å². The zero-order valence-electron chi connectivity index (χ0n) is 12.7. The largest absolute Gasteiger partial charge is 0.465 e. The van der Waals surface area contributed by atoms with Gasteiger partial charge in [0.05, 0.1) is 13.2 Å². The molecule has 0 amide bonds. The second kappa shape index (κ2) is 7.82. The minimum absolute atomic E-state index is 0.162. The topological polar surface area (TPSA) is 50.8 Å². The number of likely N-dealkylation sites (tertiary alicyclic amines) is 1. The summed E-state index contributed by atoms with van der Waals surface area (Å²) in [5, 5.41) is 3.10. The Kier molecular flexibility index (Phi) is 6.75. The summed E-state index contributed by atoms with van der Waals surface area (Å²) in [7, 11) is 3.57. The fourth-order valence-electron chi connectivity index (χ4n) is 2.49. The van der Waals surface area contributed by atoms with Crippen molar-refractivity contribution in [3.63, 3.8) is 0 Å². The molecular weight excluding hydrogens is 244 g/mol. The van der Waals surface area contributed by atoms with Crippen LogP contribution < -0.4 is 5.32 Å². The number of carbonyl (C=O) groups excluding carboxylic acids is 1. The maximum Gasteiger partial charge on any atom is 0.326 e. The zero-order chi connectivity index (χ0) is 14.3. The molecule has 1 N–H and O–H groups in total. The van der Waals surface area contributed by atoms with Gasteiger partial charge in [-0.3, -0.25) is 4.79 Å². The predicted molar refractivity (Wildman–Crippen MR) is 75.1 cm³/mol. The Morgan fingerprint density at radius 1 is 1.53 bits per heavy atom. The number of nitrogens with one attached hydrogen (secondary N) is 1. The maximum absolute atomic E-state index is 11.9. The smallest absolute Gasteiger partial charge is 0.326 e. The molecule has 1 aliphatic heterocycles. The van der Waals surface area contributed by atoms with Crippen LogP contribution >= 0.6 is 0 Å². The molecule has 19 heavy (non-hydrogen) atoms. The molecule has 2 unspecified atom stereocenters. The minimum atomic E-state index is -0.588. The number of esters is 1. The molecular formula is C14H28N2O3. The number of methoxy groups -OCH3 is 1. The number of carbonyl (C=O) groups is 1. The molecule has 0 aromatic rings. The zero-order valence-corrected chi connectivity index (χ0v) is 12.7. The monoisotopic (exact) mass is 272 g/mol. The summed E-state index contributed by atoms with van der Waals surface area (Å²) in [6.07, 6.45) is 1.95. The van der Waals surface area contributed by atoms with Gasteiger partial charge >= 0.3 is 5.97 Å². The lowest BCUT2D eigenvalue weighted by molar-refractivity contribution is -0.150. The van der Waals surface area contributed by atoms with Crippen molar-refractivity contribution in [2.24, 2.45) is 5.92 Å². The Hall–Kier alpha value is -0.650. The first-order valence-corrected chi connectivity index (χ1v) is 7.13. The van der Waals surface area contributed by atoms with Gasteiger partial charge in [0.25, 0.3) is 0 Å². The van der Waals surface area contributed by atoms with E-state index in [4.69, 9.17) is 9.47 Å². The van der Waals surface area contributed by atoms with E-state index in [2.05, 4.69) is 10.2 Å². The van der Waals surface area contributed by atoms with E-state index in [0.717, 1.165) is 32.7 Å². The van der Waals surface area contributed by atoms with Crippen molar-refractivity contribution < 1.29 is 14.3 Å². The number of likely N-dealkylation sites (N-methyl/N-ethyl adjacent to an activating group) is 1. The van der Waals surface area contributed by atoms with Crippen molar-refractivity contribution in [1.82, 2.24) is 10.2 Å². The number of nitrogens with zero attached hydrogens (tertiary/aromatic N) is 1. The van der Waals surface area contributed by atoms with Gasteiger partial charge in [0, 0.05) is 20.2 Å². The molecule has 5 nitrogen and oxygen atoms in total. The van der Waals surface area contributed by atoms with Gasteiger partial charge in [0.1, 0.15) is 5.54 Å². The van der Waals surface area contributed by atoms with E-state index in [1.54, 1.807) is 7.11 Å². The van der Waals surface area contributed by atoms with Crippen LogP contribution in [0.5, 0.6) is 0 Å². The van der Waals surface area contributed by atoms with Crippen LogP contribution in [0.4, 0.5) is 0 Å². The first-order chi connectivity index (χ1) is 9.05. The summed E-state index contributed by atoms with van der Waals surface area (Å²) >= 11 is 0. The van der Waals surface area contributed by atoms with Gasteiger partial charge < -0.3 is 19.7 Å². The highest BCUT2D eigenvalue weighted by molar-refractivity contribution is 5.80. The Balaban J connectivity index is 2.39. The molecule has 0 bridgehead atoms. The number of hydrogen-bond acceptors (Lipinski definition) is 5. The highest BCUT2D eigenvalue weighted by Gasteiger charge is 2.34. The summed E-state index contributed by atoms with van der Waals surface area (Å²) in [5.41, 5.74) is -0.588. The minimum Gasteiger partial charge on any atom is -0.465 e. The van der Waals surface area contributed by atoms with Crippen LogP contribution in [0.15, 0.2) is 0 Å². The van der Waals surface area contributed by atoms with E-state index < -0.39 is 5.54 Å². The van der Waals surface area contributed by atoms with Crippen molar-refractivity contribution in [1.29, 1.82) is 0 Å². The van der Waals surface area contributed by atoms with E-state index in [-0.39, 0.29) is 5.97 Å². The van der Waals surface area contributed by atoms with Crippen LogP contribution in [0.2, 0.25) is 0 Å². The van der Waals surface area contributed by atoms with Crippen LogP contribution in [0.1, 0.15) is 26.7 Å². The summed E-state index contributed by atoms with van der Waals surface area (Å²) < 4.78 is 10.3. The molecule has 0 radical (unpaired) electrons. The summed E-state index contributed by atoms with van der Waals surface area (Å²) in [4.78, 5) is 14.3. The number of hydrogen-bond donors (Lipinski definition) is 1. The quantitative estimate of drug-likeness (QED) is 0.665. The average Bonchev–Trinajstić information content (AvgIpc) is 2.84. The highest BCUT2D eigenvalue weighted by Crippen LogP contribution is 2.19. The van der Waals surface area contributed by atoms with Crippen molar-refractivity contribution in [3.8, 4) is 0 Å². The Morgan fingerprint density at radius 3 is 2.84 bits per heavy atom. The normalized spacial score (nSPS) is 23.3. The van der Waals surface area contributed by atoms with Crippen LogP contribution in [0, 0.1) is 5.92 Å². The van der Waals surface area contributed by atoms with Crippen molar-refractivity contribution in [2.45, 2.75) is 32.2 Å². The van der Waals surface area contributed by atoms with Gasteiger partial charge in [-0.15, -0.1) is 0 Å². The second-order valence-corrected chi connectivity index (χ2v) is 5.46. The molecule has 0 saturated carbocycles. The molecule has 0 aliphatic carbocycles. The van der Waals surface area contributed by atoms with E-state index >= 15 is 0 Å². The van der Waals surface area contributed by atoms with Crippen LogP contribution in [0.25, 0.3) is 0 Å². The number of rotatable bonds is 8. The van der Waals surface area contributed by atoms with E-state index in [0.29, 0.717) is 12.5 Å². The third-order valence-electron chi connectivity index (χ3n) is 3.98. The first-order valence-electron chi connectivity index (χ1n) is 7.13. The highest BCUT2D eigenvalue weighted by atomic mass is 16.5. The molecule has 1 saturated heterocycles. The molecule has 1 aliphatic rings. The Labute approximate surface area is 116 Å². The summed E-state index contributed by atoms with van der Waals surface area (Å²) in [6.45, 7) is 8.08. The van der Waals surface area contributed by atoms with Crippen molar-refractivity contribution in [3.05, 3.63) is 0 Å². The molecule has 2 atom stereocenters. The average molecular weight is 272 g/mol. The second-order valence-electron chi connectivity index (χ2n) is 5.46. The van der Waals surface area contributed by atoms with Crippen LogP contribution in [-0.2, 0) is 14.3 Å². The van der Waals surface area contributed by atoms with Gasteiger partial charge in [0.2, 0.25) is 0 Å². The standard InChI is InChI=1S/C14H28N2O3/c1-5-19-13(17)14(2,15-3)7-9-16-8-6-12(10-16)11-18-4/h12,15H,5-11H2,1-4H3. The Morgan fingerprint density at radius 2 is 2.26 bits per heavy atom. The van der Waals surface area contributed by atoms with E-state index in [1.165, 1.54) is 6.42 Å². The maximum atomic E-state index is 11.9. The lowest BCUT2D eigenvalue weighted by Crippen LogP contribution is -2.50. The van der Waals surface area contributed by atoms with Gasteiger partial charge in [-0.05, 0) is 46.2 Å². The van der Waals surface area contributed by atoms with E-state index in [9.17, 15) is 4.79 Å². The third-order valence-corrected chi connectivity index (χ3v) is 3.98. The lowest BCUT2D eigenvalue weighted by Gasteiger charge is -2.29. The fourth-order valence-corrected chi connectivity index (χ4v) is 2.49. The fraction of sp³-hybridized carbons (Fsp3) is 0.929.